The van der Waals surface area contributed by atoms with Crippen LogP contribution in [0.25, 0.3) is 50.1 Å². The monoisotopic (exact) mass is 672 g/mol. The van der Waals surface area contributed by atoms with Gasteiger partial charge in [-0.1, -0.05) is 67.8 Å². The second-order valence-corrected chi connectivity index (χ2v) is 16.3. The number of benzene rings is 2. The van der Waals surface area contributed by atoms with Crippen molar-refractivity contribution < 1.29 is 0 Å². The predicted molar refractivity (Wildman–Crippen MR) is 190 cm³/mol. The van der Waals surface area contributed by atoms with E-state index in [0.29, 0.717) is 31.5 Å². The van der Waals surface area contributed by atoms with Gasteiger partial charge in [-0.05, 0) is 30.5 Å². The summed E-state index contributed by atoms with van der Waals surface area (Å²) in [7, 11) is 0. The lowest BCUT2D eigenvalue weighted by atomic mass is 9.68. The molecule has 8 aromatic rings. The maximum absolute atomic E-state index is 13.1. The maximum Gasteiger partial charge on any atom is 0.216 e. The fourth-order valence-corrected chi connectivity index (χ4v) is 13.3. The highest BCUT2D eigenvalue weighted by atomic mass is 32.1. The number of rotatable bonds is 2. The van der Waals surface area contributed by atoms with E-state index in [-0.39, 0.29) is 37.8 Å². The Labute approximate surface area is 274 Å². The van der Waals surface area contributed by atoms with Gasteiger partial charge in [0.1, 0.15) is 10.0 Å². The van der Waals surface area contributed by atoms with Crippen LogP contribution in [0.2, 0.25) is 0 Å². The molecule has 0 N–H and O–H groups in total. The molecular weight excluding hydrogens is 653 g/mol. The van der Waals surface area contributed by atoms with Crippen LogP contribution < -0.4 is 32.4 Å². The van der Waals surface area contributed by atoms with E-state index in [1.54, 1.807) is 82.5 Å². The van der Waals surface area contributed by atoms with Crippen molar-refractivity contribution in [2.45, 2.75) is 37.5 Å². The molecule has 1 saturated carbocycles. The van der Waals surface area contributed by atoms with E-state index in [9.17, 15) is 19.2 Å². The van der Waals surface area contributed by atoms with E-state index >= 15 is 0 Å². The largest absolute Gasteiger partial charge is 0.287 e. The second-order valence-electron chi connectivity index (χ2n) is 12.1. The molecule has 10 heteroatoms. The van der Waals surface area contributed by atoms with E-state index in [4.69, 9.17) is 4.99 Å². The SMILES string of the molecule is O=c1c(=Nc2cc3c(s2)-c2sc4c(sc5cc(N=c6c(=O)c7ccccc7c6=O)sc54)c2C32CCCCC2)c(=O)c2ccccc12. The van der Waals surface area contributed by atoms with E-state index < -0.39 is 0 Å². The first kappa shape index (κ1) is 26.9. The Morgan fingerprint density at radius 3 is 1.65 bits per heavy atom. The number of hydrogen-bond acceptors (Lipinski definition) is 10. The van der Waals surface area contributed by atoms with Gasteiger partial charge in [-0.2, -0.15) is 0 Å². The number of fused-ring (bicyclic) bond motifs is 11. The first-order valence-electron chi connectivity index (χ1n) is 15.1. The molecule has 0 bridgehead atoms. The van der Waals surface area contributed by atoms with Crippen LogP contribution in [-0.2, 0) is 5.41 Å². The zero-order chi connectivity index (χ0) is 30.9. The number of nitrogens with zero attached hydrogens (tertiary/aromatic N) is 2. The normalized spacial score (nSPS) is 15.5. The highest BCUT2D eigenvalue weighted by Crippen LogP contribution is 2.65. The molecule has 2 aliphatic carbocycles. The van der Waals surface area contributed by atoms with E-state index in [0.717, 1.165) is 35.1 Å². The summed E-state index contributed by atoms with van der Waals surface area (Å²) in [5, 5.41) is 3.04. The highest BCUT2D eigenvalue weighted by molar-refractivity contribution is 7.41. The van der Waals surface area contributed by atoms with Gasteiger partial charge >= 0.3 is 0 Å². The van der Waals surface area contributed by atoms with Crippen molar-refractivity contribution in [2.24, 2.45) is 9.98 Å². The lowest BCUT2D eigenvalue weighted by molar-refractivity contribution is 0.356. The molecule has 10 rings (SSSR count). The third kappa shape index (κ3) is 3.44. The van der Waals surface area contributed by atoms with Gasteiger partial charge in [0.2, 0.25) is 21.7 Å². The molecule has 4 aromatic heterocycles. The fraction of sp³-hybridized carbons (Fsp3) is 0.167. The lowest BCUT2D eigenvalue weighted by Gasteiger charge is -2.34. The summed E-state index contributed by atoms with van der Waals surface area (Å²) in [4.78, 5) is 63.9. The van der Waals surface area contributed by atoms with Crippen molar-refractivity contribution in [1.82, 2.24) is 0 Å². The maximum atomic E-state index is 13.1. The van der Waals surface area contributed by atoms with Gasteiger partial charge in [-0.25, -0.2) is 9.98 Å². The van der Waals surface area contributed by atoms with Gasteiger partial charge in [0, 0.05) is 37.2 Å². The molecule has 2 aliphatic rings. The third-order valence-electron chi connectivity index (χ3n) is 9.73. The summed E-state index contributed by atoms with van der Waals surface area (Å²) in [6, 6.07) is 18.0. The van der Waals surface area contributed by atoms with E-state index in [2.05, 4.69) is 11.1 Å². The van der Waals surface area contributed by atoms with Crippen molar-refractivity contribution in [3.63, 3.8) is 0 Å². The van der Waals surface area contributed by atoms with Crippen LogP contribution in [0.15, 0.2) is 89.8 Å². The van der Waals surface area contributed by atoms with E-state index in [1.165, 1.54) is 48.0 Å². The Morgan fingerprint density at radius 1 is 0.543 bits per heavy atom. The number of hydrogen-bond donors (Lipinski definition) is 0. The molecule has 1 spiro atoms. The molecule has 0 unspecified atom stereocenters. The van der Waals surface area contributed by atoms with Gasteiger partial charge in [0.05, 0.1) is 23.9 Å². The summed E-state index contributed by atoms with van der Waals surface area (Å²) >= 11 is 6.68. The fourth-order valence-electron chi connectivity index (χ4n) is 7.68. The minimum absolute atomic E-state index is 0.00275. The summed E-state index contributed by atoms with van der Waals surface area (Å²) in [5.41, 5.74) is 1.37. The van der Waals surface area contributed by atoms with Gasteiger partial charge in [-0.3, -0.25) is 19.2 Å². The van der Waals surface area contributed by atoms with Gasteiger partial charge in [-0.15, -0.1) is 45.3 Å². The van der Waals surface area contributed by atoms with Gasteiger partial charge < -0.3 is 0 Å². The standard InChI is InChI=1S/C36H20N2O4S4/c39-27-16-8-2-3-9-17(16)28(40)25(27)37-22-14-20-31(44-22)33-24(36(20)12-6-1-7-13-36)34-35(46-33)32-21(43-34)15-23(45-32)38-26-29(41)18-10-4-5-11-19(18)30(26)42/h2-5,8-11,14-15H,1,6-7,12-13H2. The lowest BCUT2D eigenvalue weighted by Crippen LogP contribution is -2.31. The Bertz CT molecular complexity index is 2850. The molecule has 4 heterocycles. The van der Waals surface area contributed by atoms with Crippen molar-refractivity contribution in [3.05, 3.63) is 123 Å². The van der Waals surface area contributed by atoms with Crippen LogP contribution in [-0.4, -0.2) is 0 Å². The first-order chi connectivity index (χ1) is 22.4. The van der Waals surface area contributed by atoms with Gasteiger partial charge in [0.25, 0.3) is 0 Å². The molecule has 0 saturated heterocycles. The number of thiophene rings is 4. The molecule has 4 aromatic carbocycles. The molecule has 0 amide bonds. The smallest absolute Gasteiger partial charge is 0.216 e. The van der Waals surface area contributed by atoms with Crippen LogP contribution in [0.1, 0.15) is 43.2 Å². The Morgan fingerprint density at radius 2 is 1.09 bits per heavy atom. The van der Waals surface area contributed by atoms with Crippen LogP contribution in [0.5, 0.6) is 0 Å². The second kappa shape index (κ2) is 9.42. The van der Waals surface area contributed by atoms with Crippen LogP contribution in [0.3, 0.4) is 0 Å². The minimum Gasteiger partial charge on any atom is -0.287 e. The predicted octanol–water partition coefficient (Wildman–Crippen LogP) is 7.43. The molecule has 46 heavy (non-hydrogen) atoms. The minimum atomic E-state index is -0.314. The summed E-state index contributed by atoms with van der Waals surface area (Å²) in [6.07, 6.45) is 5.63. The van der Waals surface area contributed by atoms with Crippen molar-refractivity contribution >= 4 is 95.7 Å². The molecule has 1 fully saturated rings. The van der Waals surface area contributed by atoms with E-state index in [1.807, 2.05) is 6.07 Å². The Balaban J connectivity index is 1.16. The summed E-state index contributed by atoms with van der Waals surface area (Å²) in [5.74, 6) is 0. The van der Waals surface area contributed by atoms with Crippen molar-refractivity contribution in [1.29, 1.82) is 0 Å². The first-order valence-corrected chi connectivity index (χ1v) is 18.4. The van der Waals surface area contributed by atoms with Crippen LogP contribution in [0, 0.1) is 0 Å². The summed E-state index contributed by atoms with van der Waals surface area (Å²) in [6.45, 7) is 0. The molecule has 222 valence electrons. The van der Waals surface area contributed by atoms with Gasteiger partial charge in [0.15, 0.2) is 10.7 Å². The zero-order valence-electron chi connectivity index (χ0n) is 24.0. The molecular formula is C36H20N2O4S4. The molecule has 6 nitrogen and oxygen atoms in total. The quantitative estimate of drug-likeness (QED) is 0.191. The van der Waals surface area contributed by atoms with Crippen molar-refractivity contribution in [3.8, 4) is 9.75 Å². The zero-order valence-corrected chi connectivity index (χ0v) is 27.2. The van der Waals surface area contributed by atoms with Crippen LogP contribution in [0.4, 0.5) is 10.0 Å². The third-order valence-corrected chi connectivity index (χ3v) is 14.7. The Hall–Kier alpha value is -4.22. The molecule has 0 radical (unpaired) electrons. The summed E-state index contributed by atoms with van der Waals surface area (Å²) < 4.78 is 4.80. The molecule has 0 aliphatic heterocycles. The highest BCUT2D eigenvalue weighted by Gasteiger charge is 2.48. The average Bonchev–Trinajstić information content (AvgIpc) is 3.92. The molecule has 0 atom stereocenters. The average molecular weight is 673 g/mol. The van der Waals surface area contributed by atoms with Crippen LogP contribution >= 0.6 is 45.3 Å². The Kier molecular flexibility index (Phi) is 5.52. The van der Waals surface area contributed by atoms with Crippen molar-refractivity contribution in [2.75, 3.05) is 0 Å². The topological polar surface area (TPSA) is 93.0 Å².